The maximum atomic E-state index is 7.00. The van der Waals surface area contributed by atoms with Crippen LogP contribution in [0.25, 0.3) is 0 Å². The Bertz CT molecular complexity index is 372. The number of aryl methyl sites for hydroxylation is 3. The van der Waals surface area contributed by atoms with Gasteiger partial charge >= 0.3 is 0 Å². The zero-order valence-electron chi connectivity index (χ0n) is 11.1. The number of benzene rings is 2. The SMILES string of the molecule is CO.Cc1ccccc1.Cc1ccccc1C. The second kappa shape index (κ2) is 9.61. The van der Waals surface area contributed by atoms with E-state index in [4.69, 9.17) is 5.11 Å². The molecule has 0 aliphatic rings. The van der Waals surface area contributed by atoms with Crippen LogP contribution in [0.3, 0.4) is 0 Å². The molecule has 0 amide bonds. The zero-order valence-corrected chi connectivity index (χ0v) is 11.1. The molecule has 2 rings (SSSR count). The highest BCUT2D eigenvalue weighted by molar-refractivity contribution is 5.23. The van der Waals surface area contributed by atoms with E-state index in [1.54, 1.807) is 0 Å². The molecule has 0 atom stereocenters. The van der Waals surface area contributed by atoms with Crippen LogP contribution < -0.4 is 0 Å². The summed E-state index contributed by atoms with van der Waals surface area (Å²) in [5.74, 6) is 0. The van der Waals surface area contributed by atoms with Crippen LogP contribution in [-0.2, 0) is 0 Å². The molecule has 0 heterocycles. The van der Waals surface area contributed by atoms with Crippen molar-refractivity contribution >= 4 is 0 Å². The Balaban J connectivity index is 0.000000265. The summed E-state index contributed by atoms with van der Waals surface area (Å²) >= 11 is 0. The molecule has 0 fully saturated rings. The molecule has 0 bridgehead atoms. The number of aliphatic hydroxyl groups is 1. The van der Waals surface area contributed by atoms with Gasteiger partial charge in [0.25, 0.3) is 0 Å². The van der Waals surface area contributed by atoms with Crippen LogP contribution in [0.4, 0.5) is 0 Å². The summed E-state index contributed by atoms with van der Waals surface area (Å²) in [7, 11) is 1.00. The van der Waals surface area contributed by atoms with Crippen molar-refractivity contribution < 1.29 is 5.11 Å². The van der Waals surface area contributed by atoms with Gasteiger partial charge in [-0.1, -0.05) is 60.2 Å². The van der Waals surface area contributed by atoms with Crippen molar-refractivity contribution in [1.82, 2.24) is 0 Å². The third-order valence-corrected chi connectivity index (χ3v) is 2.37. The van der Waals surface area contributed by atoms with Crippen LogP contribution in [0.15, 0.2) is 54.6 Å². The molecule has 0 radical (unpaired) electrons. The monoisotopic (exact) mass is 230 g/mol. The minimum absolute atomic E-state index is 1.00. The summed E-state index contributed by atoms with van der Waals surface area (Å²) in [5, 5.41) is 7.00. The fourth-order valence-corrected chi connectivity index (χ4v) is 1.20. The molecule has 0 spiro atoms. The molecule has 0 saturated heterocycles. The van der Waals surface area contributed by atoms with E-state index in [0.717, 1.165) is 7.11 Å². The molecule has 0 saturated carbocycles. The number of rotatable bonds is 0. The summed E-state index contributed by atoms with van der Waals surface area (Å²) < 4.78 is 0. The van der Waals surface area contributed by atoms with Gasteiger partial charge in [0.05, 0.1) is 0 Å². The van der Waals surface area contributed by atoms with E-state index in [9.17, 15) is 0 Å². The van der Waals surface area contributed by atoms with Crippen LogP contribution in [0.5, 0.6) is 0 Å². The summed E-state index contributed by atoms with van der Waals surface area (Å²) in [5.41, 5.74) is 4.06. The molecule has 0 aliphatic heterocycles. The standard InChI is InChI=1S/C8H10.C7H8.CH4O/c1-7-5-3-4-6-8(7)2;1-7-5-3-2-4-6-7;1-2/h3-6H,1-2H3;2-6H,1H3;2H,1H3. The van der Waals surface area contributed by atoms with Crippen LogP contribution in [-0.4, -0.2) is 12.2 Å². The molecule has 17 heavy (non-hydrogen) atoms. The molecule has 0 unspecified atom stereocenters. The lowest BCUT2D eigenvalue weighted by molar-refractivity contribution is 0.399. The summed E-state index contributed by atoms with van der Waals surface area (Å²) in [6.45, 7) is 6.32. The van der Waals surface area contributed by atoms with Gasteiger partial charge in [-0.3, -0.25) is 0 Å². The molecule has 1 heteroatoms. The summed E-state index contributed by atoms with van der Waals surface area (Å²) in [6.07, 6.45) is 0. The van der Waals surface area contributed by atoms with Crippen molar-refractivity contribution in [1.29, 1.82) is 0 Å². The lowest BCUT2D eigenvalue weighted by Gasteiger charge is -1.93. The first kappa shape index (κ1) is 15.4. The highest BCUT2D eigenvalue weighted by atomic mass is 16.2. The highest BCUT2D eigenvalue weighted by Gasteiger charge is 1.83. The number of hydrogen-bond donors (Lipinski definition) is 1. The fourth-order valence-electron chi connectivity index (χ4n) is 1.20. The van der Waals surface area contributed by atoms with Gasteiger partial charge in [-0.2, -0.15) is 0 Å². The van der Waals surface area contributed by atoms with Gasteiger partial charge in [0.15, 0.2) is 0 Å². The van der Waals surface area contributed by atoms with E-state index >= 15 is 0 Å². The Morgan fingerprint density at radius 3 is 1.18 bits per heavy atom. The topological polar surface area (TPSA) is 20.2 Å². The number of aliphatic hydroxyl groups excluding tert-OH is 1. The minimum atomic E-state index is 1.00. The first-order valence-electron chi connectivity index (χ1n) is 5.69. The molecule has 1 N–H and O–H groups in total. The van der Waals surface area contributed by atoms with Gasteiger partial charge in [0.2, 0.25) is 0 Å². The average Bonchev–Trinajstić information content (AvgIpc) is 2.37. The van der Waals surface area contributed by atoms with Crippen molar-refractivity contribution in [2.24, 2.45) is 0 Å². The van der Waals surface area contributed by atoms with Gasteiger partial charge in [0, 0.05) is 7.11 Å². The molecular weight excluding hydrogens is 208 g/mol. The quantitative estimate of drug-likeness (QED) is 0.727. The maximum Gasteiger partial charge on any atom is 0.0319 e. The van der Waals surface area contributed by atoms with E-state index in [2.05, 4.69) is 57.2 Å². The molecule has 2 aromatic rings. The van der Waals surface area contributed by atoms with Gasteiger partial charge in [0.1, 0.15) is 0 Å². The third-order valence-electron chi connectivity index (χ3n) is 2.37. The number of hydrogen-bond acceptors (Lipinski definition) is 1. The second-order valence-corrected chi connectivity index (χ2v) is 3.74. The normalized spacial score (nSPS) is 8.29. The smallest absolute Gasteiger partial charge is 0.0319 e. The lowest BCUT2D eigenvalue weighted by Crippen LogP contribution is -1.74. The molecule has 1 nitrogen and oxygen atoms in total. The van der Waals surface area contributed by atoms with Crippen LogP contribution in [0, 0.1) is 20.8 Å². The zero-order chi connectivity index (χ0) is 13.1. The van der Waals surface area contributed by atoms with E-state index in [0.29, 0.717) is 0 Å². The Hall–Kier alpha value is -1.60. The molecule has 0 aliphatic carbocycles. The van der Waals surface area contributed by atoms with Gasteiger partial charge in [-0.15, -0.1) is 0 Å². The summed E-state index contributed by atoms with van der Waals surface area (Å²) in [4.78, 5) is 0. The van der Waals surface area contributed by atoms with Gasteiger partial charge in [-0.05, 0) is 31.9 Å². The van der Waals surface area contributed by atoms with Gasteiger partial charge in [-0.25, -0.2) is 0 Å². The molecule has 92 valence electrons. The Morgan fingerprint density at radius 1 is 0.588 bits per heavy atom. The fraction of sp³-hybridized carbons (Fsp3) is 0.250. The van der Waals surface area contributed by atoms with Crippen molar-refractivity contribution in [3.8, 4) is 0 Å². The second-order valence-electron chi connectivity index (χ2n) is 3.74. The predicted molar refractivity (Wildman–Crippen MR) is 75.2 cm³/mol. The maximum absolute atomic E-state index is 7.00. The van der Waals surface area contributed by atoms with Crippen LogP contribution in [0.1, 0.15) is 16.7 Å². The first-order chi connectivity index (χ1) is 8.20. The molecular formula is C16H22O. The molecule has 0 aromatic heterocycles. The predicted octanol–water partition coefficient (Wildman–Crippen LogP) is 3.91. The van der Waals surface area contributed by atoms with Crippen LogP contribution in [0.2, 0.25) is 0 Å². The Morgan fingerprint density at radius 2 is 0.941 bits per heavy atom. The van der Waals surface area contributed by atoms with E-state index in [-0.39, 0.29) is 0 Å². The largest absolute Gasteiger partial charge is 0.400 e. The minimum Gasteiger partial charge on any atom is -0.400 e. The van der Waals surface area contributed by atoms with Crippen molar-refractivity contribution in [2.45, 2.75) is 20.8 Å². The van der Waals surface area contributed by atoms with Gasteiger partial charge < -0.3 is 5.11 Å². The Kier molecular flexibility index (Phi) is 8.71. The first-order valence-corrected chi connectivity index (χ1v) is 5.69. The van der Waals surface area contributed by atoms with E-state index < -0.39 is 0 Å². The van der Waals surface area contributed by atoms with Crippen molar-refractivity contribution in [3.05, 3.63) is 71.3 Å². The van der Waals surface area contributed by atoms with Crippen molar-refractivity contribution in [2.75, 3.05) is 7.11 Å². The Labute approximate surface area is 105 Å². The van der Waals surface area contributed by atoms with E-state index in [1.165, 1.54) is 16.7 Å². The van der Waals surface area contributed by atoms with Crippen molar-refractivity contribution in [3.63, 3.8) is 0 Å². The van der Waals surface area contributed by atoms with Crippen LogP contribution >= 0.6 is 0 Å². The third kappa shape index (κ3) is 7.31. The van der Waals surface area contributed by atoms with E-state index in [1.807, 2.05) is 18.2 Å². The molecule has 2 aromatic carbocycles. The average molecular weight is 230 g/mol. The summed E-state index contributed by atoms with van der Waals surface area (Å²) in [6, 6.07) is 18.6. The lowest BCUT2D eigenvalue weighted by atomic mass is 10.1. The highest BCUT2D eigenvalue weighted by Crippen LogP contribution is 2.02.